The smallest absolute Gasteiger partial charge is 0.315 e. The summed E-state index contributed by atoms with van der Waals surface area (Å²) in [6.45, 7) is 0.285. The fraction of sp³-hybridized carbons (Fsp3) is 0.429. The number of nitrogens with one attached hydrogen (secondary N) is 2. The lowest BCUT2D eigenvalue weighted by molar-refractivity contribution is -0.140. The van der Waals surface area contributed by atoms with Crippen molar-refractivity contribution in [3.05, 3.63) is 35.4 Å². The van der Waals surface area contributed by atoms with Crippen molar-refractivity contribution in [3.63, 3.8) is 0 Å². The number of benzene rings is 1. The van der Waals surface area contributed by atoms with Crippen LogP contribution in [-0.2, 0) is 16.0 Å². The van der Waals surface area contributed by atoms with Gasteiger partial charge in [-0.3, -0.25) is 4.79 Å². The van der Waals surface area contributed by atoms with Crippen LogP contribution in [0.5, 0.6) is 0 Å². The van der Waals surface area contributed by atoms with E-state index in [2.05, 4.69) is 21.4 Å². The van der Waals surface area contributed by atoms with Crippen molar-refractivity contribution in [2.24, 2.45) is 0 Å². The molecule has 0 unspecified atom stereocenters. The second-order valence-electron chi connectivity index (χ2n) is 4.52. The molecule has 1 aromatic rings. The molecule has 1 aliphatic carbocycles. The van der Waals surface area contributed by atoms with Gasteiger partial charge in [0, 0.05) is 6.54 Å². The Kier molecular flexibility index (Phi) is 4.39. The zero-order chi connectivity index (χ0) is 13.7. The number of urea groups is 1. The Morgan fingerprint density at radius 1 is 1.37 bits per heavy atom. The number of esters is 1. The molecule has 0 aliphatic heterocycles. The molecule has 2 rings (SSSR count). The summed E-state index contributed by atoms with van der Waals surface area (Å²) in [6.07, 6.45) is 2.10. The fourth-order valence-electron chi connectivity index (χ4n) is 2.30. The molecule has 102 valence electrons. The quantitative estimate of drug-likeness (QED) is 0.809. The highest BCUT2D eigenvalue weighted by Crippen LogP contribution is 2.30. The molecule has 5 nitrogen and oxygen atoms in total. The van der Waals surface area contributed by atoms with E-state index in [0.717, 1.165) is 12.8 Å². The largest absolute Gasteiger partial charge is 0.469 e. The van der Waals surface area contributed by atoms with Crippen LogP contribution in [0, 0.1) is 0 Å². The highest BCUT2D eigenvalue weighted by Gasteiger charge is 2.23. The first-order valence-electron chi connectivity index (χ1n) is 6.39. The number of rotatable bonds is 4. The first kappa shape index (κ1) is 13.4. The summed E-state index contributed by atoms with van der Waals surface area (Å²) in [5.74, 6) is -0.327. The van der Waals surface area contributed by atoms with Crippen molar-refractivity contribution in [2.45, 2.75) is 25.3 Å². The van der Waals surface area contributed by atoms with Crippen LogP contribution in [-0.4, -0.2) is 25.7 Å². The van der Waals surface area contributed by atoms with Crippen molar-refractivity contribution in [3.8, 4) is 0 Å². The van der Waals surface area contributed by atoms with Crippen LogP contribution in [0.1, 0.15) is 30.0 Å². The Morgan fingerprint density at radius 3 is 2.95 bits per heavy atom. The van der Waals surface area contributed by atoms with Gasteiger partial charge in [0.1, 0.15) is 0 Å². The van der Waals surface area contributed by atoms with Gasteiger partial charge in [0.2, 0.25) is 0 Å². The molecule has 1 aromatic carbocycles. The number of aryl methyl sites for hydroxylation is 1. The average molecular weight is 262 g/mol. The third kappa shape index (κ3) is 3.47. The summed E-state index contributed by atoms with van der Waals surface area (Å²) in [5.41, 5.74) is 2.48. The summed E-state index contributed by atoms with van der Waals surface area (Å²) in [6, 6.07) is 7.94. The maximum atomic E-state index is 11.7. The number of amides is 2. The van der Waals surface area contributed by atoms with Gasteiger partial charge in [-0.2, -0.15) is 0 Å². The van der Waals surface area contributed by atoms with Gasteiger partial charge in [-0.1, -0.05) is 24.3 Å². The normalized spacial score (nSPS) is 16.6. The Bertz CT molecular complexity index is 474. The molecule has 0 spiro atoms. The molecule has 5 heteroatoms. The first-order valence-corrected chi connectivity index (χ1v) is 6.39. The molecule has 0 heterocycles. The molecule has 2 N–H and O–H groups in total. The fourth-order valence-corrected chi connectivity index (χ4v) is 2.30. The zero-order valence-corrected chi connectivity index (χ0v) is 10.9. The van der Waals surface area contributed by atoms with Crippen molar-refractivity contribution in [1.29, 1.82) is 0 Å². The summed E-state index contributed by atoms with van der Waals surface area (Å²) >= 11 is 0. The molecule has 19 heavy (non-hydrogen) atoms. The van der Waals surface area contributed by atoms with Crippen LogP contribution in [0.15, 0.2) is 24.3 Å². The molecule has 0 radical (unpaired) electrons. The van der Waals surface area contributed by atoms with Crippen molar-refractivity contribution < 1.29 is 14.3 Å². The van der Waals surface area contributed by atoms with Crippen molar-refractivity contribution in [2.75, 3.05) is 13.7 Å². The predicted molar refractivity (Wildman–Crippen MR) is 70.7 cm³/mol. The summed E-state index contributed by atoms with van der Waals surface area (Å²) in [4.78, 5) is 22.6. The first-order chi connectivity index (χ1) is 9.20. The number of methoxy groups -OCH3 is 1. The van der Waals surface area contributed by atoms with Gasteiger partial charge in [0.25, 0.3) is 0 Å². The molecular weight excluding hydrogens is 244 g/mol. The third-order valence-corrected chi connectivity index (χ3v) is 3.28. The van der Waals surface area contributed by atoms with Crippen LogP contribution in [0.3, 0.4) is 0 Å². The van der Waals surface area contributed by atoms with E-state index in [1.54, 1.807) is 0 Å². The van der Waals surface area contributed by atoms with E-state index >= 15 is 0 Å². The highest BCUT2D eigenvalue weighted by molar-refractivity contribution is 5.76. The van der Waals surface area contributed by atoms with Gasteiger partial charge in [-0.25, -0.2) is 4.79 Å². The second-order valence-corrected chi connectivity index (χ2v) is 4.52. The standard InChI is InChI=1S/C14H18N2O3/c1-19-13(17)8-9-15-14(18)16-12-7-6-10-4-2-3-5-11(10)12/h2-5,12H,6-9H2,1H3,(H2,15,16,18)/t12-/m1/s1. The van der Waals surface area contributed by atoms with E-state index in [-0.39, 0.29) is 31.0 Å². The van der Waals surface area contributed by atoms with Crippen molar-refractivity contribution in [1.82, 2.24) is 10.6 Å². The molecule has 1 atom stereocenters. The minimum Gasteiger partial charge on any atom is -0.469 e. The van der Waals surface area contributed by atoms with Crippen LogP contribution in [0.25, 0.3) is 0 Å². The Labute approximate surface area is 112 Å². The minimum atomic E-state index is -0.327. The summed E-state index contributed by atoms with van der Waals surface area (Å²) in [5, 5.41) is 5.58. The number of hydrogen-bond acceptors (Lipinski definition) is 3. The topological polar surface area (TPSA) is 67.4 Å². The number of fused-ring (bicyclic) bond motifs is 1. The SMILES string of the molecule is COC(=O)CCNC(=O)N[C@@H]1CCc2ccccc21. The number of carbonyl (C=O) groups is 2. The number of ether oxygens (including phenoxy) is 1. The van der Waals surface area contributed by atoms with Gasteiger partial charge < -0.3 is 15.4 Å². The Balaban J connectivity index is 1.79. The van der Waals surface area contributed by atoms with Gasteiger partial charge in [-0.15, -0.1) is 0 Å². The molecule has 0 aromatic heterocycles. The lowest BCUT2D eigenvalue weighted by Crippen LogP contribution is -2.38. The van der Waals surface area contributed by atoms with Crippen LogP contribution < -0.4 is 10.6 Å². The molecule has 1 aliphatic rings. The maximum Gasteiger partial charge on any atom is 0.315 e. The highest BCUT2D eigenvalue weighted by atomic mass is 16.5. The van der Waals surface area contributed by atoms with Gasteiger partial charge in [-0.05, 0) is 24.0 Å². The van der Waals surface area contributed by atoms with Crippen molar-refractivity contribution >= 4 is 12.0 Å². The average Bonchev–Trinajstić information content (AvgIpc) is 2.82. The lowest BCUT2D eigenvalue weighted by atomic mass is 10.1. The summed E-state index contributed by atoms with van der Waals surface area (Å²) < 4.78 is 4.50. The molecule has 0 saturated heterocycles. The third-order valence-electron chi connectivity index (χ3n) is 3.28. The van der Waals surface area contributed by atoms with E-state index in [4.69, 9.17) is 0 Å². The minimum absolute atomic E-state index is 0.0642. The number of carbonyl (C=O) groups excluding carboxylic acids is 2. The zero-order valence-electron chi connectivity index (χ0n) is 10.9. The monoisotopic (exact) mass is 262 g/mol. The molecule has 0 fully saturated rings. The maximum absolute atomic E-state index is 11.7. The van der Waals surface area contributed by atoms with E-state index in [9.17, 15) is 9.59 Å². The summed E-state index contributed by atoms with van der Waals surface area (Å²) in [7, 11) is 1.33. The van der Waals surface area contributed by atoms with E-state index in [1.807, 2.05) is 18.2 Å². The van der Waals surface area contributed by atoms with Gasteiger partial charge in [0.15, 0.2) is 0 Å². The van der Waals surface area contributed by atoms with Gasteiger partial charge in [0.05, 0.1) is 19.6 Å². The Morgan fingerprint density at radius 2 is 2.16 bits per heavy atom. The van der Waals surface area contributed by atoms with Crippen LogP contribution in [0.4, 0.5) is 4.79 Å². The van der Waals surface area contributed by atoms with Crippen LogP contribution >= 0.6 is 0 Å². The Hall–Kier alpha value is -2.04. The van der Waals surface area contributed by atoms with Gasteiger partial charge >= 0.3 is 12.0 Å². The predicted octanol–water partition coefficient (Wildman–Crippen LogP) is 1.54. The van der Waals surface area contributed by atoms with Crippen LogP contribution in [0.2, 0.25) is 0 Å². The second kappa shape index (κ2) is 6.22. The number of hydrogen-bond donors (Lipinski definition) is 2. The van der Waals surface area contributed by atoms with E-state index in [0.29, 0.717) is 0 Å². The van der Waals surface area contributed by atoms with E-state index < -0.39 is 0 Å². The molecule has 0 bridgehead atoms. The molecule has 2 amide bonds. The molecular formula is C14H18N2O3. The molecule has 0 saturated carbocycles. The van der Waals surface area contributed by atoms with E-state index in [1.165, 1.54) is 18.2 Å². The lowest BCUT2D eigenvalue weighted by Gasteiger charge is -2.14.